The van der Waals surface area contributed by atoms with E-state index in [4.69, 9.17) is 4.74 Å². The minimum atomic E-state index is 0.366. The monoisotopic (exact) mass is 280 g/mol. The van der Waals surface area contributed by atoms with E-state index in [-0.39, 0.29) is 0 Å². The molecule has 0 aromatic heterocycles. The summed E-state index contributed by atoms with van der Waals surface area (Å²) < 4.78 is 5.57. The van der Waals surface area contributed by atoms with E-state index in [2.05, 4.69) is 49.3 Å². The van der Waals surface area contributed by atoms with E-state index >= 15 is 0 Å². The number of rotatable bonds is 7. The average molecular weight is 280 g/mol. The maximum Gasteiger partial charge on any atom is 0.0602 e. The van der Waals surface area contributed by atoms with Crippen molar-refractivity contribution in [1.82, 2.24) is 9.80 Å². The zero-order valence-corrected chi connectivity index (χ0v) is 13.8. The molecule has 1 rings (SSSR count). The molecule has 0 aromatic rings. The number of hydrogen-bond donors (Lipinski definition) is 0. The second kappa shape index (κ2) is 10.2. The lowest BCUT2D eigenvalue weighted by Gasteiger charge is -2.33. The zero-order valence-electron chi connectivity index (χ0n) is 13.8. The summed E-state index contributed by atoms with van der Waals surface area (Å²) in [4.78, 5) is 5.04. The molecule has 1 heterocycles. The Morgan fingerprint density at radius 2 is 1.60 bits per heavy atom. The molecule has 0 aromatic carbocycles. The van der Waals surface area contributed by atoms with E-state index in [1.165, 1.54) is 32.5 Å². The lowest BCUT2D eigenvalue weighted by molar-refractivity contribution is 0.0722. The van der Waals surface area contributed by atoms with E-state index in [0.29, 0.717) is 12.0 Å². The Morgan fingerprint density at radius 1 is 0.950 bits per heavy atom. The van der Waals surface area contributed by atoms with Gasteiger partial charge in [-0.1, -0.05) is 25.7 Å². The van der Waals surface area contributed by atoms with Crippen molar-refractivity contribution in [3.8, 4) is 11.8 Å². The Balaban J connectivity index is 2.03. The second-order valence-corrected chi connectivity index (χ2v) is 6.22. The maximum atomic E-state index is 5.57. The first-order valence-electron chi connectivity index (χ1n) is 8.12. The van der Waals surface area contributed by atoms with Crippen LogP contribution in [0.5, 0.6) is 0 Å². The smallest absolute Gasteiger partial charge is 0.0602 e. The summed E-state index contributed by atoms with van der Waals surface area (Å²) in [6.07, 6.45) is 2.79. The molecule has 0 N–H and O–H groups in total. The molecule has 20 heavy (non-hydrogen) atoms. The molecule has 116 valence electrons. The molecule has 0 saturated carbocycles. The van der Waals surface area contributed by atoms with Gasteiger partial charge in [0, 0.05) is 38.7 Å². The Bertz CT molecular complexity index is 296. The van der Waals surface area contributed by atoms with Gasteiger partial charge in [0.1, 0.15) is 0 Å². The van der Waals surface area contributed by atoms with Crippen molar-refractivity contribution in [3.05, 3.63) is 0 Å². The molecule has 1 aliphatic rings. The summed E-state index contributed by atoms with van der Waals surface area (Å²) in [7, 11) is 0. The lowest BCUT2D eigenvalue weighted by atomic mass is 10.2. The molecule has 3 nitrogen and oxygen atoms in total. The largest absolute Gasteiger partial charge is 0.379 e. The van der Waals surface area contributed by atoms with Crippen molar-refractivity contribution < 1.29 is 4.74 Å². The summed E-state index contributed by atoms with van der Waals surface area (Å²) >= 11 is 0. The summed E-state index contributed by atoms with van der Waals surface area (Å²) in [6.45, 7) is 16.3. The van der Waals surface area contributed by atoms with E-state index in [0.717, 1.165) is 26.2 Å². The molecule has 1 saturated heterocycles. The highest BCUT2D eigenvalue weighted by Crippen LogP contribution is 2.04. The fourth-order valence-electron chi connectivity index (χ4n) is 2.29. The first-order valence-corrected chi connectivity index (χ1v) is 8.12. The number of unbranched alkanes of at least 4 members (excludes halogenated alkanes) is 1. The van der Waals surface area contributed by atoms with Crippen molar-refractivity contribution in [2.75, 3.05) is 45.9 Å². The van der Waals surface area contributed by atoms with Crippen LogP contribution in [0.2, 0.25) is 0 Å². The van der Waals surface area contributed by atoms with Gasteiger partial charge < -0.3 is 9.64 Å². The van der Waals surface area contributed by atoms with Gasteiger partial charge in [-0.25, -0.2) is 0 Å². The molecular formula is C17H32N2O. The maximum absolute atomic E-state index is 5.57. The molecule has 1 fully saturated rings. The van der Waals surface area contributed by atoms with Crippen molar-refractivity contribution in [1.29, 1.82) is 0 Å². The summed E-state index contributed by atoms with van der Waals surface area (Å²) in [6, 6.07) is 0. The second-order valence-electron chi connectivity index (χ2n) is 6.22. The summed E-state index contributed by atoms with van der Waals surface area (Å²) in [5, 5.41) is 0. The highest BCUT2D eigenvalue weighted by molar-refractivity contribution is 5.03. The van der Waals surface area contributed by atoms with Gasteiger partial charge in [-0.3, -0.25) is 4.90 Å². The molecule has 1 aliphatic heterocycles. The Morgan fingerprint density at radius 3 is 2.20 bits per heavy atom. The standard InChI is InChI=1S/C17H32N2O/c1-16(2)8-7-10-19-13-11-18(12-14-19)9-5-6-15-20-17(3)4/h16-17H,5-6,9-15H2,1-4H3. The molecule has 0 bridgehead atoms. The quantitative estimate of drug-likeness (QED) is 0.526. The average Bonchev–Trinajstić information content (AvgIpc) is 2.39. The molecule has 0 aliphatic carbocycles. The van der Waals surface area contributed by atoms with Crippen molar-refractivity contribution in [3.63, 3.8) is 0 Å². The Kier molecular flexibility index (Phi) is 8.93. The van der Waals surface area contributed by atoms with Gasteiger partial charge in [0.2, 0.25) is 0 Å². The minimum Gasteiger partial charge on any atom is -0.379 e. The predicted molar refractivity (Wildman–Crippen MR) is 85.8 cm³/mol. The first-order chi connectivity index (χ1) is 9.58. The van der Waals surface area contributed by atoms with Crippen molar-refractivity contribution >= 4 is 0 Å². The molecule has 0 spiro atoms. The van der Waals surface area contributed by atoms with Gasteiger partial charge in [0.15, 0.2) is 0 Å². The van der Waals surface area contributed by atoms with Crippen LogP contribution < -0.4 is 0 Å². The fourth-order valence-corrected chi connectivity index (χ4v) is 2.29. The van der Waals surface area contributed by atoms with Gasteiger partial charge in [-0.2, -0.15) is 0 Å². The van der Waals surface area contributed by atoms with Gasteiger partial charge in [-0.15, -0.1) is 0 Å². The zero-order chi connectivity index (χ0) is 14.8. The first kappa shape index (κ1) is 17.5. The molecule has 0 amide bonds. The van der Waals surface area contributed by atoms with Crippen LogP contribution in [0.1, 0.15) is 40.5 Å². The molecule has 0 radical (unpaired) electrons. The van der Waals surface area contributed by atoms with Crippen LogP contribution in [0, 0.1) is 17.8 Å². The van der Waals surface area contributed by atoms with Gasteiger partial charge in [-0.05, 0) is 33.2 Å². The third-order valence-corrected chi connectivity index (χ3v) is 3.48. The lowest BCUT2D eigenvalue weighted by Crippen LogP contribution is -2.46. The fraction of sp³-hybridized carbons (Fsp3) is 0.882. The van der Waals surface area contributed by atoms with Gasteiger partial charge in [0.25, 0.3) is 0 Å². The van der Waals surface area contributed by atoms with Crippen LogP contribution in [0.4, 0.5) is 0 Å². The normalized spacial score (nSPS) is 17.5. The number of nitrogens with zero attached hydrogens (tertiary/aromatic N) is 2. The van der Waals surface area contributed by atoms with Crippen LogP contribution in [-0.4, -0.2) is 61.8 Å². The van der Waals surface area contributed by atoms with Crippen LogP contribution >= 0.6 is 0 Å². The van der Waals surface area contributed by atoms with E-state index in [1.54, 1.807) is 0 Å². The van der Waals surface area contributed by atoms with Crippen LogP contribution in [0.25, 0.3) is 0 Å². The highest BCUT2D eigenvalue weighted by Gasteiger charge is 2.15. The summed E-state index contributed by atoms with van der Waals surface area (Å²) in [5.41, 5.74) is 0. The topological polar surface area (TPSA) is 15.7 Å². The molecule has 0 atom stereocenters. The van der Waals surface area contributed by atoms with E-state index in [9.17, 15) is 0 Å². The van der Waals surface area contributed by atoms with Crippen LogP contribution in [-0.2, 0) is 4.74 Å². The predicted octanol–water partition coefficient (Wildman–Crippen LogP) is 2.47. The van der Waals surface area contributed by atoms with Crippen molar-refractivity contribution in [2.24, 2.45) is 5.92 Å². The Labute approximate surface area is 125 Å². The number of piperazine rings is 1. The van der Waals surface area contributed by atoms with Crippen LogP contribution in [0.3, 0.4) is 0 Å². The molecule has 0 unspecified atom stereocenters. The Hall–Kier alpha value is -0.560. The van der Waals surface area contributed by atoms with E-state index < -0.39 is 0 Å². The number of hydrogen-bond acceptors (Lipinski definition) is 3. The van der Waals surface area contributed by atoms with Gasteiger partial charge in [0.05, 0.1) is 12.6 Å². The molecular weight excluding hydrogens is 248 g/mol. The van der Waals surface area contributed by atoms with Crippen LogP contribution in [0.15, 0.2) is 0 Å². The minimum absolute atomic E-state index is 0.366. The number of ether oxygens (including phenoxy) is 1. The van der Waals surface area contributed by atoms with Gasteiger partial charge >= 0.3 is 0 Å². The summed E-state index contributed by atoms with van der Waals surface area (Å²) in [5.74, 6) is 7.01. The third-order valence-electron chi connectivity index (χ3n) is 3.48. The SMILES string of the molecule is CC(C)C#CCN1CCN(CCCCOC(C)C)CC1. The van der Waals surface area contributed by atoms with E-state index in [1.807, 2.05) is 0 Å². The third kappa shape index (κ3) is 8.58. The highest BCUT2D eigenvalue weighted by atomic mass is 16.5. The van der Waals surface area contributed by atoms with Crippen molar-refractivity contribution in [2.45, 2.75) is 46.6 Å². The molecule has 3 heteroatoms.